The first kappa shape index (κ1) is 103. The molecule has 37 heteroatoms. The zero-order valence-electron chi connectivity index (χ0n) is 85.6. The molecule has 0 atom stereocenters. The van der Waals surface area contributed by atoms with Gasteiger partial charge in [0.15, 0.2) is 10.8 Å². The van der Waals surface area contributed by atoms with Gasteiger partial charge in [0.2, 0.25) is 11.7 Å². The summed E-state index contributed by atoms with van der Waals surface area (Å²) in [5.74, 6) is 19.8. The lowest BCUT2D eigenvalue weighted by atomic mass is 10.00. The number of pyridine rings is 1. The first-order chi connectivity index (χ1) is 73.0. The van der Waals surface area contributed by atoms with E-state index >= 15 is 0 Å². The summed E-state index contributed by atoms with van der Waals surface area (Å²) in [6.07, 6.45) is 35.4. The zero-order valence-corrected chi connectivity index (χ0v) is 86.4. The molecule has 8 aromatic carbocycles. The first-order valence-electron chi connectivity index (χ1n) is 47.6. The Morgan fingerprint density at radius 3 is 1.09 bits per heavy atom. The van der Waals surface area contributed by atoms with Crippen LogP contribution in [-0.2, 0) is 41.0 Å². The van der Waals surface area contributed by atoms with Crippen LogP contribution in [0.1, 0.15) is 55.3 Å². The van der Waals surface area contributed by atoms with E-state index in [4.69, 9.17) is 74.2 Å². The number of hydrogen-bond acceptors (Lipinski definition) is 32. The number of aryl methyl sites for hydroxylation is 7. The minimum absolute atomic E-state index is 0.258. The second-order valence-electron chi connectivity index (χ2n) is 34.8. The average molecular weight is 2020 g/mol. The van der Waals surface area contributed by atoms with Gasteiger partial charge in [-0.25, -0.2) is 44.9 Å². The maximum Gasteiger partial charge on any atom is 0.217 e. The number of ether oxygens (including phenoxy) is 9. The van der Waals surface area contributed by atoms with Gasteiger partial charge in [0.05, 0.1) is 187 Å². The molecule has 0 aliphatic carbocycles. The van der Waals surface area contributed by atoms with Crippen LogP contribution in [0.3, 0.4) is 0 Å². The van der Waals surface area contributed by atoms with Gasteiger partial charge >= 0.3 is 0 Å². The van der Waals surface area contributed by atoms with E-state index in [1.54, 1.807) is 163 Å². The molecular weight excluding hydrogens is 1910 g/mol. The normalized spacial score (nSPS) is 10.9. The molecule has 20 rings (SSSR count). The lowest BCUT2D eigenvalue weighted by Gasteiger charge is -2.37. The van der Waals surface area contributed by atoms with Crippen molar-refractivity contribution in [2.45, 2.75) is 52.0 Å². The number of halogens is 1. The van der Waals surface area contributed by atoms with Gasteiger partial charge in [-0.05, 0) is 148 Å². The fourth-order valence-electron chi connectivity index (χ4n) is 16.5. The van der Waals surface area contributed by atoms with Gasteiger partial charge in [-0.15, -0.1) is 0 Å². The van der Waals surface area contributed by atoms with Gasteiger partial charge in [-0.3, -0.25) is 43.6 Å². The number of aromatic nitrogens is 23. The Morgan fingerprint density at radius 1 is 0.327 bits per heavy atom. The van der Waals surface area contributed by atoms with Gasteiger partial charge < -0.3 is 62.2 Å². The highest BCUT2D eigenvalue weighted by Gasteiger charge is 2.30. The SMILES string of the molecule is COc1cc(OC)cc(N(CC#Cc2nccnc2Cl)c2ccc3ncc(-c4cnn(C)c4)nc3c2)c1.COc1cc(OC)cc(N(CCCc2cc(C)ccn2)c2ccc3ncc(-c4cnn(C)c4)nc3c2)c1.COc1cc(OC)cc(N(CCCc2ncccn2)c2ccc3ncc(-c4cnn(C)c4)nc3c2)c1.COc1cc(OC)cc(N(c2ccc3ncc(-c4cnn(C)c4)nc3c2)C(C)(C)C#Cc2nccc(OC)n2)c1. The Labute approximate surface area is 871 Å². The Balaban J connectivity index is 0.000000136. The van der Waals surface area contributed by atoms with E-state index in [1.807, 2.05) is 211 Å². The predicted molar refractivity (Wildman–Crippen MR) is 579 cm³/mol. The first-order valence-corrected chi connectivity index (χ1v) is 48.0. The molecule has 0 aliphatic rings. The number of rotatable bonds is 31. The number of nitrogens with zero attached hydrogens (tertiary/aromatic N) is 27. The van der Waals surface area contributed by atoms with E-state index < -0.39 is 5.54 Å². The van der Waals surface area contributed by atoms with E-state index in [1.165, 1.54) is 11.8 Å². The number of methoxy groups -OCH3 is 9. The standard InChI is InChI=1S/C30H29N7O3.C29H30N6O2.C27H22ClN7O2.C27H27N7O2/c1-30(2,11-9-28-31-12-10-29(35-28)40-6)37(22-13-23(38-4)16-24(14-22)39-5)21-7-8-25-26(15-21)34-27(18-32-25)20-17-33-36(3)19-20;1-20-9-10-30-22(12-20)6-5-11-35(24-13-25(36-3)16-26(14-24)37-4)23-7-8-27-28(15-23)33-29(18-31-27)21-17-32-34(2)19-21;1-34-17-18(15-32-34)26-16-31-23-7-6-19(13-25(23)33-26)35(10-4-5-24-27(28)30-9-8-29-24)20-11-21(36-2)14-22(12-20)37-3;1-33-18-19(16-31-33)26-17-30-24-8-7-20(14-25(24)32-26)34(11-4-6-27-28-9-5-10-29-27)21-12-22(35-2)15-23(13-21)36-3/h7-8,10,12-19H,1-6H3;7-10,12-19H,5-6,11H2,1-4H3;6-9,11-17H,10H2,1-3H3;5,7-10,12-18H,4,6,11H2,1-3H3. The fraction of sp³-hybridized carbons (Fsp3) is 0.212. The van der Waals surface area contributed by atoms with E-state index in [2.05, 4.69) is 151 Å². The molecule has 0 fully saturated rings. The summed E-state index contributed by atoms with van der Waals surface area (Å²) < 4.78 is 56.6. The molecule has 36 nitrogen and oxygen atoms in total. The topological polar surface area (TPSA) is 361 Å². The molecule has 0 radical (unpaired) electrons. The number of hydrogen-bond donors (Lipinski definition) is 0. The Morgan fingerprint density at radius 2 is 0.700 bits per heavy atom. The molecule has 0 aliphatic heterocycles. The smallest absolute Gasteiger partial charge is 0.217 e. The molecule has 12 heterocycles. The minimum atomic E-state index is -0.744. The van der Waals surface area contributed by atoms with Gasteiger partial charge in [0, 0.05) is 262 Å². The van der Waals surface area contributed by atoms with Crippen LogP contribution in [0.5, 0.6) is 51.9 Å². The Bertz CT molecular complexity index is 8200. The number of anilines is 8. The third-order valence-corrected chi connectivity index (χ3v) is 24.3. The monoisotopic (exact) mass is 2020 g/mol. The molecule has 0 N–H and O–H groups in total. The quantitative estimate of drug-likeness (QED) is 0.0364. The molecule has 0 unspecified atom stereocenters. The third kappa shape index (κ3) is 25.5. The molecule has 0 bridgehead atoms. The van der Waals surface area contributed by atoms with Crippen molar-refractivity contribution in [3.63, 3.8) is 0 Å². The number of benzene rings is 8. The lowest BCUT2D eigenvalue weighted by Crippen LogP contribution is -2.39. The maximum atomic E-state index is 6.14. The van der Waals surface area contributed by atoms with Crippen molar-refractivity contribution >= 4 is 101 Å². The molecule has 20 aromatic rings. The van der Waals surface area contributed by atoms with Crippen LogP contribution in [-0.4, -0.2) is 203 Å². The summed E-state index contributed by atoms with van der Waals surface area (Å²) in [6, 6.07) is 55.0. The summed E-state index contributed by atoms with van der Waals surface area (Å²) in [6.45, 7) is 7.96. The van der Waals surface area contributed by atoms with Gasteiger partial charge in [0.25, 0.3) is 0 Å². The van der Waals surface area contributed by atoms with Crippen LogP contribution in [0.4, 0.5) is 45.5 Å². The molecular formula is C113H108ClN27O9. The third-order valence-electron chi connectivity index (χ3n) is 24.0. The average Bonchev–Trinajstić information content (AvgIpc) is 1.10. The fourth-order valence-corrected chi connectivity index (χ4v) is 16.7. The van der Waals surface area contributed by atoms with Gasteiger partial charge in [-0.1, -0.05) is 23.4 Å². The highest BCUT2D eigenvalue weighted by atomic mass is 35.5. The molecule has 12 aromatic heterocycles. The summed E-state index contributed by atoms with van der Waals surface area (Å²) in [5, 5.41) is 17.3. The van der Waals surface area contributed by atoms with Gasteiger partial charge in [0.1, 0.15) is 57.4 Å². The molecule has 0 amide bonds. The van der Waals surface area contributed by atoms with Crippen molar-refractivity contribution in [1.29, 1.82) is 0 Å². The van der Waals surface area contributed by atoms with E-state index in [9.17, 15) is 0 Å². The van der Waals surface area contributed by atoms with E-state index in [-0.39, 0.29) is 5.15 Å². The van der Waals surface area contributed by atoms with Crippen LogP contribution in [0.15, 0.2) is 281 Å². The second-order valence-corrected chi connectivity index (χ2v) is 35.1. The van der Waals surface area contributed by atoms with Crippen molar-refractivity contribution in [2.24, 2.45) is 28.2 Å². The van der Waals surface area contributed by atoms with Crippen LogP contribution in [0.25, 0.3) is 89.2 Å². The van der Waals surface area contributed by atoms with E-state index in [0.717, 1.165) is 208 Å². The molecule has 756 valence electrons. The van der Waals surface area contributed by atoms with E-state index in [0.29, 0.717) is 46.9 Å². The Hall–Kier alpha value is -18.8. The molecule has 0 saturated heterocycles. The largest absolute Gasteiger partial charge is 0.497 e. The van der Waals surface area contributed by atoms with Crippen LogP contribution in [0.2, 0.25) is 5.15 Å². The highest BCUT2D eigenvalue weighted by Crippen LogP contribution is 2.43. The highest BCUT2D eigenvalue weighted by molar-refractivity contribution is 6.30. The summed E-state index contributed by atoms with van der Waals surface area (Å²) in [7, 11) is 22.2. The van der Waals surface area contributed by atoms with Crippen molar-refractivity contribution in [1.82, 2.24) is 114 Å². The van der Waals surface area contributed by atoms with Crippen molar-refractivity contribution in [3.05, 3.63) is 315 Å². The number of fused-ring (bicyclic) bond motifs is 4. The summed E-state index contributed by atoms with van der Waals surface area (Å²) in [4.78, 5) is 76.7. The second kappa shape index (κ2) is 47.8. The minimum Gasteiger partial charge on any atom is -0.497 e. The molecule has 0 saturated carbocycles. The van der Waals surface area contributed by atoms with Gasteiger partial charge in [-0.2, -0.15) is 25.4 Å². The summed E-state index contributed by atoms with van der Waals surface area (Å²) >= 11 is 6.14. The van der Waals surface area contributed by atoms with Crippen molar-refractivity contribution < 1.29 is 42.6 Å². The summed E-state index contributed by atoms with van der Waals surface area (Å²) in [5.41, 5.74) is 22.3. The van der Waals surface area contributed by atoms with Crippen molar-refractivity contribution in [3.8, 4) is 121 Å². The predicted octanol–water partition coefficient (Wildman–Crippen LogP) is 19.6. The lowest BCUT2D eigenvalue weighted by molar-refractivity contribution is 0.394. The maximum absolute atomic E-state index is 6.14. The van der Waals surface area contributed by atoms with Crippen LogP contribution < -0.4 is 62.2 Å². The van der Waals surface area contributed by atoms with Crippen LogP contribution in [0, 0.1) is 30.6 Å². The molecule has 0 spiro atoms. The van der Waals surface area contributed by atoms with Crippen molar-refractivity contribution in [2.75, 3.05) is 103 Å². The van der Waals surface area contributed by atoms with Crippen LogP contribution >= 0.6 is 11.6 Å². The molecule has 150 heavy (non-hydrogen) atoms. The zero-order chi connectivity index (χ0) is 105. The Kier molecular flexibility index (Phi) is 32.7.